The van der Waals surface area contributed by atoms with Crippen LogP contribution in [0.25, 0.3) is 0 Å². The van der Waals surface area contributed by atoms with Gasteiger partial charge in [-0.1, -0.05) is 28.7 Å². The summed E-state index contributed by atoms with van der Waals surface area (Å²) < 4.78 is 11.0. The number of rotatable bonds is 6. The molecule has 0 aromatic heterocycles. The van der Waals surface area contributed by atoms with Crippen molar-refractivity contribution in [3.05, 3.63) is 10.2 Å². The van der Waals surface area contributed by atoms with E-state index >= 15 is 0 Å². The van der Waals surface area contributed by atoms with Crippen LogP contribution in [0.5, 0.6) is 0 Å². The Balaban J connectivity index is 4.13. The average molecular weight is 326 g/mol. The summed E-state index contributed by atoms with van der Waals surface area (Å²) >= 11 is 2.12. The molecule has 0 spiro atoms. The molecule has 0 bridgehead atoms. The van der Waals surface area contributed by atoms with Gasteiger partial charge in [0.1, 0.15) is 0 Å². The lowest BCUT2D eigenvalue weighted by molar-refractivity contribution is -0.159. The molecule has 0 unspecified atom stereocenters. The smallest absolute Gasteiger partial charge is 0.320 e. The van der Waals surface area contributed by atoms with Crippen molar-refractivity contribution in [2.45, 2.75) is 19.3 Å². The zero-order valence-electron chi connectivity index (χ0n) is 8.86. The SMILES string of the molecule is COC(=O)C(CCC/C=C/I)C(=O)OC. The highest BCUT2D eigenvalue weighted by Gasteiger charge is 2.27. The van der Waals surface area contributed by atoms with E-state index in [1.807, 2.05) is 10.2 Å². The molecule has 0 fully saturated rings. The van der Waals surface area contributed by atoms with Crippen molar-refractivity contribution < 1.29 is 19.1 Å². The summed E-state index contributed by atoms with van der Waals surface area (Å²) in [5.41, 5.74) is 0. The third kappa shape index (κ3) is 5.76. The fraction of sp³-hybridized carbons (Fsp3) is 0.600. The molecule has 86 valence electrons. The van der Waals surface area contributed by atoms with Gasteiger partial charge in [-0.25, -0.2) is 0 Å². The van der Waals surface area contributed by atoms with E-state index in [4.69, 9.17) is 0 Å². The molecule has 0 aliphatic heterocycles. The summed E-state index contributed by atoms with van der Waals surface area (Å²) in [5.74, 6) is -1.84. The Labute approximate surface area is 103 Å². The highest BCUT2D eigenvalue weighted by molar-refractivity contribution is 14.1. The zero-order valence-corrected chi connectivity index (χ0v) is 11.0. The minimum Gasteiger partial charge on any atom is -0.468 e. The number of hydrogen-bond acceptors (Lipinski definition) is 4. The van der Waals surface area contributed by atoms with E-state index in [1.54, 1.807) is 0 Å². The van der Waals surface area contributed by atoms with Crippen LogP contribution in [0.2, 0.25) is 0 Å². The summed E-state index contributed by atoms with van der Waals surface area (Å²) in [6, 6.07) is 0. The maximum atomic E-state index is 11.2. The molecule has 0 saturated carbocycles. The molecule has 0 N–H and O–H groups in total. The second kappa shape index (κ2) is 8.70. The molecule has 0 rings (SSSR count). The van der Waals surface area contributed by atoms with Crippen molar-refractivity contribution in [3.63, 3.8) is 0 Å². The molecule has 0 amide bonds. The van der Waals surface area contributed by atoms with E-state index in [9.17, 15) is 9.59 Å². The van der Waals surface area contributed by atoms with Crippen molar-refractivity contribution >= 4 is 34.5 Å². The van der Waals surface area contributed by atoms with Crippen LogP contribution in [0.1, 0.15) is 19.3 Å². The lowest BCUT2D eigenvalue weighted by atomic mass is 10.0. The molecular formula is C10H15IO4. The van der Waals surface area contributed by atoms with E-state index in [2.05, 4.69) is 32.1 Å². The fourth-order valence-electron chi connectivity index (χ4n) is 1.12. The number of esters is 2. The maximum Gasteiger partial charge on any atom is 0.320 e. The van der Waals surface area contributed by atoms with E-state index in [-0.39, 0.29) is 0 Å². The summed E-state index contributed by atoms with van der Waals surface area (Å²) in [6.07, 6.45) is 4.04. The predicted octanol–water partition coefficient (Wildman–Crippen LogP) is 2.07. The molecule has 5 heteroatoms. The number of carbonyl (C=O) groups excluding carboxylic acids is 2. The highest BCUT2D eigenvalue weighted by Crippen LogP contribution is 2.12. The first-order chi connectivity index (χ1) is 7.17. The van der Waals surface area contributed by atoms with Gasteiger partial charge in [-0.15, -0.1) is 0 Å². The number of halogens is 1. The Hall–Kier alpha value is -0.590. The number of ether oxygens (including phenoxy) is 2. The Morgan fingerprint density at radius 3 is 2.20 bits per heavy atom. The maximum absolute atomic E-state index is 11.2. The monoisotopic (exact) mass is 326 g/mol. The number of allylic oxidation sites excluding steroid dienone is 1. The third-order valence-corrected chi connectivity index (χ3v) is 2.43. The molecule has 0 aromatic carbocycles. The Morgan fingerprint density at radius 2 is 1.80 bits per heavy atom. The Kier molecular flexibility index (Phi) is 8.35. The van der Waals surface area contributed by atoms with Gasteiger partial charge in [-0.3, -0.25) is 9.59 Å². The predicted molar refractivity (Wildman–Crippen MR) is 64.5 cm³/mol. The van der Waals surface area contributed by atoms with Gasteiger partial charge in [-0.05, 0) is 23.3 Å². The zero-order chi connectivity index (χ0) is 11.7. The second-order valence-electron chi connectivity index (χ2n) is 2.89. The van der Waals surface area contributed by atoms with Crippen LogP contribution in [0.3, 0.4) is 0 Å². The largest absolute Gasteiger partial charge is 0.468 e. The summed E-state index contributed by atoms with van der Waals surface area (Å²) in [7, 11) is 2.53. The van der Waals surface area contributed by atoms with Gasteiger partial charge in [0.2, 0.25) is 0 Å². The first-order valence-corrected chi connectivity index (χ1v) is 5.82. The minimum absolute atomic E-state index is 0.459. The van der Waals surface area contributed by atoms with Gasteiger partial charge in [0.25, 0.3) is 0 Å². The summed E-state index contributed by atoms with van der Waals surface area (Å²) in [5, 5.41) is 0. The molecular weight excluding hydrogens is 311 g/mol. The van der Waals surface area contributed by atoms with E-state index in [1.165, 1.54) is 14.2 Å². The minimum atomic E-state index is -0.789. The fourth-order valence-corrected chi connectivity index (χ4v) is 1.48. The molecule has 0 radical (unpaired) electrons. The van der Waals surface area contributed by atoms with Gasteiger partial charge in [-0.2, -0.15) is 0 Å². The van der Waals surface area contributed by atoms with Crippen molar-refractivity contribution in [3.8, 4) is 0 Å². The Morgan fingerprint density at radius 1 is 1.27 bits per heavy atom. The quantitative estimate of drug-likeness (QED) is 0.325. The van der Waals surface area contributed by atoms with Gasteiger partial charge in [0.05, 0.1) is 14.2 Å². The number of unbranched alkanes of at least 4 members (excludes halogenated alkanes) is 1. The first-order valence-electron chi connectivity index (χ1n) is 4.58. The van der Waals surface area contributed by atoms with Crippen molar-refractivity contribution in [1.29, 1.82) is 0 Å². The number of methoxy groups -OCH3 is 2. The number of hydrogen-bond donors (Lipinski definition) is 0. The van der Waals surface area contributed by atoms with E-state index < -0.39 is 17.9 Å². The highest BCUT2D eigenvalue weighted by atomic mass is 127. The van der Waals surface area contributed by atoms with Crippen LogP contribution in [-0.2, 0) is 19.1 Å². The average Bonchev–Trinajstić information content (AvgIpc) is 2.27. The number of carbonyl (C=O) groups is 2. The molecule has 0 aliphatic carbocycles. The van der Waals surface area contributed by atoms with E-state index in [0.29, 0.717) is 6.42 Å². The van der Waals surface area contributed by atoms with Gasteiger partial charge in [0.15, 0.2) is 5.92 Å². The van der Waals surface area contributed by atoms with Crippen molar-refractivity contribution in [2.24, 2.45) is 5.92 Å². The molecule has 0 aromatic rings. The molecule has 0 atom stereocenters. The van der Waals surface area contributed by atoms with Crippen LogP contribution < -0.4 is 0 Å². The van der Waals surface area contributed by atoms with Crippen LogP contribution in [-0.4, -0.2) is 26.2 Å². The Bertz CT molecular complexity index is 222. The molecule has 4 nitrogen and oxygen atoms in total. The molecule has 0 saturated heterocycles. The van der Waals surface area contributed by atoms with Gasteiger partial charge >= 0.3 is 11.9 Å². The third-order valence-electron chi connectivity index (χ3n) is 1.92. The molecule has 15 heavy (non-hydrogen) atoms. The van der Waals surface area contributed by atoms with Crippen molar-refractivity contribution in [2.75, 3.05) is 14.2 Å². The normalized spacial score (nSPS) is 10.7. The van der Waals surface area contributed by atoms with Crippen LogP contribution >= 0.6 is 22.6 Å². The summed E-state index contributed by atoms with van der Waals surface area (Å²) in [6.45, 7) is 0. The molecule has 0 heterocycles. The second-order valence-corrected chi connectivity index (χ2v) is 3.61. The lowest BCUT2D eigenvalue weighted by Gasteiger charge is -2.11. The van der Waals surface area contributed by atoms with Crippen LogP contribution in [0.4, 0.5) is 0 Å². The standard InChI is InChI=1S/C10H15IO4/c1-14-9(12)8(10(13)15-2)6-4-3-5-7-11/h5,7-8H,3-4,6H2,1-2H3/b7-5+. The van der Waals surface area contributed by atoms with Crippen molar-refractivity contribution in [1.82, 2.24) is 0 Å². The van der Waals surface area contributed by atoms with Gasteiger partial charge < -0.3 is 9.47 Å². The van der Waals surface area contributed by atoms with Crippen LogP contribution in [0.15, 0.2) is 10.2 Å². The van der Waals surface area contributed by atoms with Crippen LogP contribution in [0, 0.1) is 5.92 Å². The van der Waals surface area contributed by atoms with Gasteiger partial charge in [0, 0.05) is 0 Å². The molecule has 0 aliphatic rings. The first kappa shape index (κ1) is 14.4. The van der Waals surface area contributed by atoms with E-state index in [0.717, 1.165) is 12.8 Å². The lowest BCUT2D eigenvalue weighted by Crippen LogP contribution is -2.26. The topological polar surface area (TPSA) is 52.6 Å². The summed E-state index contributed by atoms with van der Waals surface area (Å²) in [4.78, 5) is 22.5.